The lowest BCUT2D eigenvalue weighted by Gasteiger charge is -2.42. The van der Waals surface area contributed by atoms with Crippen LogP contribution in [0.4, 0.5) is 5.69 Å². The number of methoxy groups -OCH3 is 1. The smallest absolute Gasteiger partial charge is 0.335 e. The van der Waals surface area contributed by atoms with Crippen LogP contribution in [0.2, 0.25) is 0 Å². The van der Waals surface area contributed by atoms with Gasteiger partial charge in [0, 0.05) is 44.3 Å². The molecule has 240 valence electrons. The van der Waals surface area contributed by atoms with Crippen molar-refractivity contribution in [3.8, 4) is 11.5 Å². The van der Waals surface area contributed by atoms with Crippen molar-refractivity contribution in [1.29, 1.82) is 0 Å². The monoisotopic (exact) mass is 642 g/mol. The Bertz CT molecular complexity index is 1830. The van der Waals surface area contributed by atoms with Gasteiger partial charge in [0.25, 0.3) is 0 Å². The van der Waals surface area contributed by atoms with Gasteiger partial charge in [0.05, 0.1) is 18.6 Å². The molecule has 0 bridgehead atoms. The van der Waals surface area contributed by atoms with Crippen LogP contribution >= 0.6 is 0 Å². The number of aryl methyl sites for hydroxylation is 1. The van der Waals surface area contributed by atoms with E-state index in [2.05, 4.69) is 9.88 Å². The van der Waals surface area contributed by atoms with Crippen LogP contribution in [0, 0.1) is 12.8 Å². The summed E-state index contributed by atoms with van der Waals surface area (Å²) in [4.78, 5) is 37.2. The number of sulfone groups is 1. The summed E-state index contributed by atoms with van der Waals surface area (Å²) < 4.78 is 38.4. The van der Waals surface area contributed by atoms with E-state index in [0.717, 1.165) is 48.0 Å². The summed E-state index contributed by atoms with van der Waals surface area (Å²) in [5.74, 6) is -0.514. The minimum Gasteiger partial charge on any atom is -0.493 e. The number of anilines is 1. The maximum absolute atomic E-state index is 13.8. The Balaban J connectivity index is 1.20. The van der Waals surface area contributed by atoms with Gasteiger partial charge >= 0.3 is 5.97 Å². The number of para-hydroxylation sites is 2. The molecule has 2 fully saturated rings. The molecule has 2 aliphatic heterocycles. The quantitative estimate of drug-likeness (QED) is 0.195. The molecule has 0 saturated carbocycles. The highest BCUT2D eigenvalue weighted by Gasteiger charge is 2.41. The van der Waals surface area contributed by atoms with Crippen molar-refractivity contribution in [2.75, 3.05) is 50.6 Å². The number of pyridine rings is 1. The number of fused-ring (bicyclic) bond motifs is 1. The minimum absolute atomic E-state index is 0.0294. The molecule has 1 atom stereocenters. The van der Waals surface area contributed by atoms with E-state index >= 15 is 0 Å². The summed E-state index contributed by atoms with van der Waals surface area (Å²) in [6.07, 6.45) is 5.25. The number of benzene rings is 3. The Labute approximate surface area is 269 Å². The van der Waals surface area contributed by atoms with Gasteiger partial charge in [0.1, 0.15) is 11.9 Å². The third-order valence-corrected chi connectivity index (χ3v) is 10.5. The van der Waals surface area contributed by atoms with Crippen LogP contribution in [0.15, 0.2) is 90.1 Å². The number of rotatable bonds is 9. The largest absolute Gasteiger partial charge is 0.493 e. The van der Waals surface area contributed by atoms with E-state index in [0.29, 0.717) is 12.3 Å². The summed E-state index contributed by atoms with van der Waals surface area (Å²) >= 11 is 0. The van der Waals surface area contributed by atoms with E-state index in [-0.39, 0.29) is 35.6 Å². The van der Waals surface area contributed by atoms with Gasteiger partial charge in [-0.25, -0.2) is 13.2 Å². The molecule has 3 heterocycles. The van der Waals surface area contributed by atoms with Gasteiger partial charge in [-0.15, -0.1) is 0 Å². The highest BCUT2D eigenvalue weighted by Crippen LogP contribution is 2.29. The van der Waals surface area contributed by atoms with Gasteiger partial charge in [-0.05, 0) is 72.9 Å². The number of piperidine rings is 1. The summed E-state index contributed by atoms with van der Waals surface area (Å²) in [6.45, 7) is 3.94. The van der Waals surface area contributed by atoms with E-state index in [1.807, 2.05) is 37.3 Å². The molecule has 0 N–H and O–H groups in total. The lowest BCUT2D eigenvalue weighted by molar-refractivity contribution is -0.154. The van der Waals surface area contributed by atoms with Crippen LogP contribution in [0.25, 0.3) is 10.8 Å². The fourth-order valence-electron chi connectivity index (χ4n) is 6.33. The zero-order valence-corrected chi connectivity index (χ0v) is 26.9. The molecule has 1 amide bonds. The van der Waals surface area contributed by atoms with Crippen LogP contribution in [0.5, 0.6) is 11.5 Å². The summed E-state index contributed by atoms with van der Waals surface area (Å²) in [5, 5.41) is 1.77. The van der Waals surface area contributed by atoms with E-state index in [1.165, 1.54) is 12.0 Å². The highest BCUT2D eigenvalue weighted by atomic mass is 32.2. The molecule has 4 aromatic rings. The number of hydrogen-bond acceptors (Lipinski definition) is 9. The van der Waals surface area contributed by atoms with Crippen LogP contribution in [-0.2, 0) is 19.4 Å². The van der Waals surface area contributed by atoms with E-state index in [9.17, 15) is 18.0 Å². The predicted octanol–water partition coefficient (Wildman–Crippen LogP) is 4.32. The van der Waals surface area contributed by atoms with Crippen molar-refractivity contribution in [3.63, 3.8) is 0 Å². The topological polar surface area (TPSA) is 109 Å². The SMILES string of the molecule is COc1ccccc1OC(=O)[C@H]1CN(CS(=O)(=O)c2ccc3cc(C)ccc3c2)CC(=O)N1CC1CCN(c2ccncc2)CC1. The molecule has 46 heavy (non-hydrogen) atoms. The van der Waals surface area contributed by atoms with Gasteiger partial charge in [-0.3, -0.25) is 14.7 Å². The maximum Gasteiger partial charge on any atom is 0.335 e. The van der Waals surface area contributed by atoms with Crippen molar-refractivity contribution in [3.05, 3.63) is 90.8 Å². The third-order valence-electron chi connectivity index (χ3n) is 8.81. The lowest BCUT2D eigenvalue weighted by atomic mass is 9.94. The molecule has 2 aliphatic rings. The standard InChI is InChI=1S/C35H38N4O6S/c1-25-7-8-28-20-30(10-9-27(28)19-25)46(42,43)24-37-22-31(35(41)45-33-6-4-3-5-32(33)44-2)39(34(40)23-37)21-26-13-17-38(18-14-26)29-11-15-36-16-12-29/h3-12,15-16,19-20,26,31H,13-14,17-18,21-24H2,1-2H3/t31-/m1/s1. The Morgan fingerprint density at radius 3 is 2.37 bits per heavy atom. The second kappa shape index (κ2) is 13.5. The first-order valence-electron chi connectivity index (χ1n) is 15.4. The maximum atomic E-state index is 13.8. The summed E-state index contributed by atoms with van der Waals surface area (Å²) in [5.41, 5.74) is 2.20. The van der Waals surface area contributed by atoms with Gasteiger partial charge < -0.3 is 19.3 Å². The minimum atomic E-state index is -3.81. The van der Waals surface area contributed by atoms with Crippen molar-refractivity contribution < 1.29 is 27.5 Å². The average molecular weight is 643 g/mol. The molecule has 10 nitrogen and oxygen atoms in total. The number of ether oxygens (including phenoxy) is 2. The first kappa shape index (κ1) is 31.5. The van der Waals surface area contributed by atoms with Crippen molar-refractivity contribution in [2.45, 2.75) is 30.7 Å². The highest BCUT2D eigenvalue weighted by molar-refractivity contribution is 7.91. The Morgan fingerprint density at radius 2 is 1.63 bits per heavy atom. The first-order valence-corrected chi connectivity index (χ1v) is 17.1. The molecule has 1 aromatic heterocycles. The third kappa shape index (κ3) is 7.00. The molecular formula is C35H38N4O6S. The summed E-state index contributed by atoms with van der Waals surface area (Å²) in [7, 11) is -2.32. The number of aromatic nitrogens is 1. The molecule has 6 rings (SSSR count). The van der Waals surface area contributed by atoms with Gasteiger partial charge in [0.15, 0.2) is 21.3 Å². The molecular weight excluding hydrogens is 604 g/mol. The Hall–Kier alpha value is -4.48. The lowest BCUT2D eigenvalue weighted by Crippen LogP contribution is -2.61. The normalized spacial score (nSPS) is 18.1. The fourth-order valence-corrected chi connectivity index (χ4v) is 7.74. The molecule has 0 aliphatic carbocycles. The Kier molecular flexibility index (Phi) is 9.23. The zero-order valence-electron chi connectivity index (χ0n) is 26.0. The number of nitrogens with zero attached hydrogens (tertiary/aromatic N) is 4. The molecule has 0 unspecified atom stereocenters. The second-order valence-corrected chi connectivity index (χ2v) is 14.0. The van der Waals surface area contributed by atoms with Crippen LogP contribution < -0.4 is 14.4 Å². The second-order valence-electron chi connectivity index (χ2n) is 12.0. The molecule has 0 spiro atoms. The average Bonchev–Trinajstić information content (AvgIpc) is 3.06. The van der Waals surface area contributed by atoms with Gasteiger partial charge in [-0.1, -0.05) is 42.0 Å². The van der Waals surface area contributed by atoms with Crippen LogP contribution in [0.1, 0.15) is 18.4 Å². The number of carbonyl (C=O) groups is 2. The number of amides is 1. The van der Waals surface area contributed by atoms with Gasteiger partial charge in [-0.2, -0.15) is 0 Å². The van der Waals surface area contributed by atoms with E-state index in [4.69, 9.17) is 9.47 Å². The van der Waals surface area contributed by atoms with Crippen molar-refractivity contribution in [1.82, 2.24) is 14.8 Å². The zero-order chi connectivity index (χ0) is 32.3. The number of carbonyl (C=O) groups excluding carboxylic acids is 2. The Morgan fingerprint density at radius 1 is 0.935 bits per heavy atom. The number of hydrogen-bond donors (Lipinski definition) is 0. The molecule has 11 heteroatoms. The molecule has 3 aromatic carbocycles. The number of esters is 1. The van der Waals surface area contributed by atoms with E-state index < -0.39 is 27.7 Å². The first-order chi connectivity index (χ1) is 22.2. The number of piperazine rings is 1. The van der Waals surface area contributed by atoms with Crippen molar-refractivity contribution >= 4 is 38.2 Å². The van der Waals surface area contributed by atoms with Gasteiger partial charge in [0.2, 0.25) is 5.91 Å². The predicted molar refractivity (Wildman–Crippen MR) is 176 cm³/mol. The van der Waals surface area contributed by atoms with E-state index in [1.54, 1.807) is 59.8 Å². The van der Waals surface area contributed by atoms with Crippen molar-refractivity contribution in [2.24, 2.45) is 5.92 Å². The van der Waals surface area contributed by atoms with Crippen LogP contribution in [-0.4, -0.2) is 86.8 Å². The summed E-state index contributed by atoms with van der Waals surface area (Å²) in [6, 6.07) is 20.7. The fraction of sp³-hybridized carbons (Fsp3) is 0.343. The van der Waals surface area contributed by atoms with Crippen LogP contribution in [0.3, 0.4) is 0 Å². The molecule has 2 saturated heterocycles. The molecule has 0 radical (unpaired) electrons.